The Kier molecular flexibility index (Phi) is 10.3. The third-order valence-electron chi connectivity index (χ3n) is 9.63. The number of amides is 4. The van der Waals surface area contributed by atoms with Gasteiger partial charge in [0.15, 0.2) is 23.2 Å². The summed E-state index contributed by atoms with van der Waals surface area (Å²) in [4.78, 5) is 66.4. The van der Waals surface area contributed by atoms with E-state index in [2.05, 4.69) is 10.6 Å². The molecule has 4 N–H and O–H groups in total. The molecule has 1 aromatic carbocycles. The predicted molar refractivity (Wildman–Crippen MR) is 154 cm³/mol. The van der Waals surface area contributed by atoms with Gasteiger partial charge in [0, 0.05) is 19.0 Å². The number of Topliss-reactive ketones (excluding diaryl/α,β-unsaturated/α-hetero) is 1. The molecule has 2 aliphatic heterocycles. The molecule has 2 saturated heterocycles. The molecule has 6 atom stereocenters. The van der Waals surface area contributed by atoms with Gasteiger partial charge in [0.1, 0.15) is 18.7 Å². The van der Waals surface area contributed by atoms with Crippen LogP contribution in [0.2, 0.25) is 0 Å². The molecule has 0 aromatic heterocycles. The van der Waals surface area contributed by atoms with Crippen LogP contribution in [0.5, 0.6) is 5.75 Å². The number of rotatable bonds is 11. The molecule has 1 aromatic rings. The fourth-order valence-corrected chi connectivity index (χ4v) is 6.69. The highest BCUT2D eigenvalue weighted by Gasteiger charge is 2.70. The molecule has 49 heavy (non-hydrogen) atoms. The lowest BCUT2D eigenvalue weighted by Crippen LogP contribution is -2.61. The second-order valence-corrected chi connectivity index (χ2v) is 14.2. The number of benzene rings is 1. The Hall–Kier alpha value is -3.96. The fraction of sp³-hybridized carbons (Fsp3) is 0.645. The number of hydrogen-bond donors (Lipinski definition) is 4. The molecular weight excluding hydrogens is 673 g/mol. The first-order valence-electron chi connectivity index (χ1n) is 15.4. The van der Waals surface area contributed by atoms with Gasteiger partial charge in [0.05, 0.1) is 18.2 Å². The Balaban J connectivity index is 1.61. The summed E-state index contributed by atoms with van der Waals surface area (Å²) < 4.78 is 102. The number of carbonyl (C=O) groups excluding carboxylic acids is 5. The van der Waals surface area contributed by atoms with Gasteiger partial charge < -0.3 is 30.7 Å². The van der Waals surface area contributed by atoms with E-state index in [-0.39, 0.29) is 31.8 Å². The number of aliphatic hydroxyl groups is 1. The molecule has 4 rings (SSSR count). The highest BCUT2D eigenvalue weighted by molar-refractivity contribution is 5.97. The topological polar surface area (TPSA) is 154 Å². The highest BCUT2D eigenvalue weighted by atomic mass is 19.4. The minimum Gasteiger partial charge on any atom is -0.479 e. The normalized spacial score (nSPS) is 24.1. The van der Waals surface area contributed by atoms with Gasteiger partial charge in [-0.1, -0.05) is 34.6 Å². The first-order chi connectivity index (χ1) is 22.5. The van der Waals surface area contributed by atoms with Crippen molar-refractivity contribution in [2.24, 2.45) is 28.6 Å². The number of ether oxygens (including phenoxy) is 1. The van der Waals surface area contributed by atoms with Crippen LogP contribution in [-0.2, 0) is 30.6 Å². The number of likely N-dealkylation sites (tertiary alicyclic amines) is 1. The molecule has 2 heterocycles. The average Bonchev–Trinajstić information content (AvgIpc) is 3.33. The molecule has 18 heteroatoms. The molecule has 0 spiro atoms. The van der Waals surface area contributed by atoms with E-state index >= 15 is 0 Å². The number of nitrogens with one attached hydrogen (secondary N) is 3. The van der Waals surface area contributed by atoms with Crippen LogP contribution in [0.25, 0.3) is 0 Å². The van der Waals surface area contributed by atoms with Gasteiger partial charge in [-0.2, -0.15) is 22.0 Å². The van der Waals surface area contributed by atoms with Crippen LogP contribution in [0.3, 0.4) is 0 Å². The van der Waals surface area contributed by atoms with Crippen LogP contribution < -0.4 is 20.7 Å². The summed E-state index contributed by atoms with van der Waals surface area (Å²) in [6.07, 6.45) is -5.41. The predicted octanol–water partition coefficient (Wildman–Crippen LogP) is 2.27. The van der Waals surface area contributed by atoms with Crippen LogP contribution >= 0.6 is 0 Å². The maximum Gasteiger partial charge on any atom is 0.471 e. The van der Waals surface area contributed by atoms with Crippen molar-refractivity contribution in [3.05, 3.63) is 28.8 Å². The van der Waals surface area contributed by atoms with E-state index in [9.17, 15) is 54.7 Å². The van der Waals surface area contributed by atoms with Crippen LogP contribution in [0.1, 0.15) is 53.0 Å². The third-order valence-corrected chi connectivity index (χ3v) is 9.63. The Bertz CT molecular complexity index is 1520. The first-order valence-corrected chi connectivity index (χ1v) is 15.4. The summed E-state index contributed by atoms with van der Waals surface area (Å²) in [5.74, 6) is -17.0. The number of alkyl halides is 3. The third kappa shape index (κ3) is 7.33. The maximum atomic E-state index is 14.5. The molecule has 0 unspecified atom stereocenters. The van der Waals surface area contributed by atoms with Crippen LogP contribution in [0.15, 0.2) is 0 Å². The van der Waals surface area contributed by atoms with Crippen molar-refractivity contribution < 1.29 is 64.5 Å². The zero-order valence-corrected chi connectivity index (χ0v) is 27.2. The monoisotopic (exact) mass is 710 g/mol. The molecule has 11 nitrogen and oxygen atoms in total. The number of piperidine rings is 1. The molecule has 3 fully saturated rings. The average molecular weight is 711 g/mol. The lowest BCUT2D eigenvalue weighted by atomic mass is 9.85. The van der Waals surface area contributed by atoms with Crippen molar-refractivity contribution in [1.29, 1.82) is 0 Å². The second-order valence-electron chi connectivity index (χ2n) is 14.2. The number of nitrogens with zero attached hydrogens (tertiary/aromatic N) is 1. The summed E-state index contributed by atoms with van der Waals surface area (Å²) in [7, 11) is 0. The standard InChI is InChI=1S/C31H37F7N4O7/c1-29(2,3)24(41-28(48)31(36,37)38)27(47)42-9-14-17(30(14,4)5)22(42)26(46)40-15(8-12-6-7-39-25(12)45)16(44)11-49-23-20(34)18(32)13(10-43)19(33)21(23)35/h12,14-15,17,22,24,43H,6-11H2,1-5H3,(H,39,45)(H,40,46)(H,41,48)/t12-,14-,15-,17-,22-,24+/m0/s1. The molecule has 3 aliphatic rings. The summed E-state index contributed by atoms with van der Waals surface area (Å²) >= 11 is 0. The molecule has 0 bridgehead atoms. The van der Waals surface area contributed by atoms with Crippen molar-refractivity contribution in [2.75, 3.05) is 19.7 Å². The lowest BCUT2D eigenvalue weighted by Gasteiger charge is -2.38. The van der Waals surface area contributed by atoms with Crippen molar-refractivity contribution >= 4 is 29.4 Å². The number of hydrogen-bond acceptors (Lipinski definition) is 7. The smallest absolute Gasteiger partial charge is 0.471 e. The SMILES string of the molecule is CC(C)(C)[C@H](NC(=O)C(F)(F)F)C(=O)N1C[C@H]2[C@@H]([C@H]1C(=O)N[C@@H](C[C@@H]1CCNC1=O)C(=O)COc1c(F)c(F)c(CO)c(F)c1F)C2(C)C. The van der Waals surface area contributed by atoms with Gasteiger partial charge in [-0.05, 0) is 35.5 Å². The number of fused-ring (bicyclic) bond motifs is 1. The van der Waals surface area contributed by atoms with Gasteiger partial charge in [-0.25, -0.2) is 8.78 Å². The number of carbonyl (C=O) groups is 5. The van der Waals surface area contributed by atoms with E-state index in [1.807, 2.05) is 0 Å². The fourth-order valence-electron chi connectivity index (χ4n) is 6.69. The van der Waals surface area contributed by atoms with Crippen molar-refractivity contribution in [2.45, 2.75) is 78.4 Å². The lowest BCUT2D eigenvalue weighted by molar-refractivity contribution is -0.176. The zero-order chi connectivity index (χ0) is 37.0. The Labute approximate surface area is 276 Å². The summed E-state index contributed by atoms with van der Waals surface area (Å²) in [6, 6.07) is -4.65. The minimum absolute atomic E-state index is 0.0602. The number of ketones is 1. The maximum absolute atomic E-state index is 14.5. The Morgan fingerprint density at radius 2 is 1.61 bits per heavy atom. The summed E-state index contributed by atoms with van der Waals surface area (Å²) in [5, 5.41) is 15.8. The van der Waals surface area contributed by atoms with Crippen LogP contribution in [0.4, 0.5) is 30.7 Å². The molecular formula is C31H37F7N4O7. The Morgan fingerprint density at radius 1 is 1.02 bits per heavy atom. The van der Waals surface area contributed by atoms with Crippen molar-refractivity contribution in [3.8, 4) is 5.75 Å². The molecule has 0 radical (unpaired) electrons. The van der Waals surface area contributed by atoms with Crippen molar-refractivity contribution in [1.82, 2.24) is 20.9 Å². The van der Waals surface area contributed by atoms with Crippen LogP contribution in [-0.4, -0.2) is 83.4 Å². The van der Waals surface area contributed by atoms with Crippen LogP contribution in [0, 0.1) is 51.9 Å². The summed E-state index contributed by atoms with van der Waals surface area (Å²) in [5.41, 5.74) is -3.07. The number of halogens is 7. The van der Waals surface area contributed by atoms with E-state index in [4.69, 9.17) is 9.84 Å². The van der Waals surface area contributed by atoms with E-state index in [0.717, 1.165) is 4.90 Å². The largest absolute Gasteiger partial charge is 0.479 e. The molecule has 1 saturated carbocycles. The van der Waals surface area contributed by atoms with E-state index in [0.29, 0.717) is 0 Å². The zero-order valence-electron chi connectivity index (χ0n) is 27.2. The second kappa shape index (κ2) is 13.4. The van der Waals surface area contributed by atoms with E-state index in [1.165, 1.54) is 20.8 Å². The van der Waals surface area contributed by atoms with E-state index < -0.39 is 124 Å². The van der Waals surface area contributed by atoms with Gasteiger partial charge in [-0.15, -0.1) is 0 Å². The number of aliphatic hydroxyl groups excluding tert-OH is 1. The van der Waals surface area contributed by atoms with Gasteiger partial charge in [0.25, 0.3) is 0 Å². The van der Waals surface area contributed by atoms with Crippen molar-refractivity contribution in [3.63, 3.8) is 0 Å². The molecule has 1 aliphatic carbocycles. The van der Waals surface area contributed by atoms with Gasteiger partial charge >= 0.3 is 12.1 Å². The van der Waals surface area contributed by atoms with Gasteiger partial charge in [0.2, 0.25) is 29.4 Å². The van der Waals surface area contributed by atoms with Gasteiger partial charge in [-0.3, -0.25) is 24.0 Å². The molecule has 4 amide bonds. The highest BCUT2D eigenvalue weighted by Crippen LogP contribution is 2.65. The molecule has 272 valence electrons. The Morgan fingerprint density at radius 3 is 2.10 bits per heavy atom. The summed E-state index contributed by atoms with van der Waals surface area (Å²) in [6.45, 7) is 5.42. The minimum atomic E-state index is -5.30. The quantitative estimate of drug-likeness (QED) is 0.203. The van der Waals surface area contributed by atoms with E-state index in [1.54, 1.807) is 19.2 Å². The first kappa shape index (κ1) is 37.9.